The summed E-state index contributed by atoms with van der Waals surface area (Å²) in [5.41, 5.74) is 6.33. The molecule has 3 aromatic carbocycles. The Morgan fingerprint density at radius 3 is 2.39 bits per heavy atom. The first-order valence-electron chi connectivity index (χ1n) is 10.8. The second kappa shape index (κ2) is 8.28. The molecular formula is C28H23N3O2. The van der Waals surface area contributed by atoms with Gasteiger partial charge in [0.1, 0.15) is 0 Å². The Balaban J connectivity index is 1.70. The molecule has 5 nitrogen and oxygen atoms in total. The van der Waals surface area contributed by atoms with E-state index in [1.807, 2.05) is 85.8 Å². The molecular weight excluding hydrogens is 410 g/mol. The number of fused-ring (bicyclic) bond motifs is 1. The summed E-state index contributed by atoms with van der Waals surface area (Å²) in [5, 5.41) is 0.892. The van der Waals surface area contributed by atoms with Crippen molar-refractivity contribution in [2.75, 3.05) is 11.9 Å². The van der Waals surface area contributed by atoms with Gasteiger partial charge in [0.25, 0.3) is 11.5 Å². The minimum absolute atomic E-state index is 0.0921. The van der Waals surface area contributed by atoms with E-state index in [0.717, 1.165) is 39.0 Å². The molecule has 2 N–H and O–H groups in total. The summed E-state index contributed by atoms with van der Waals surface area (Å²) in [6.07, 6.45) is 1.62. The van der Waals surface area contributed by atoms with E-state index in [2.05, 4.69) is 9.97 Å². The summed E-state index contributed by atoms with van der Waals surface area (Å²) < 4.78 is 0. The normalized spacial score (nSPS) is 11.0. The summed E-state index contributed by atoms with van der Waals surface area (Å²) >= 11 is 0. The third kappa shape index (κ3) is 3.64. The number of aromatic nitrogens is 2. The third-order valence-electron chi connectivity index (χ3n) is 5.98. The summed E-state index contributed by atoms with van der Waals surface area (Å²) in [7, 11) is 1.79. The number of carbonyl (C=O) groups excluding carboxylic acids is 1. The molecule has 5 rings (SSSR count). The number of nitrogens with one attached hydrogen (secondary N) is 2. The van der Waals surface area contributed by atoms with Crippen molar-refractivity contribution in [3.8, 4) is 22.4 Å². The smallest absolute Gasteiger partial charge is 0.258 e. The standard InChI is InChI=1S/C28H23N3O2/c1-18-9-6-7-13-24(18)31(2)28(33)20-14-15-23-22(17-20)25(19-10-4-3-5-11-19)26(30-23)21-12-8-16-29-27(21)32/h3-17,30H,1-2H3,(H,29,32). The quantitative estimate of drug-likeness (QED) is 0.377. The molecule has 0 aliphatic rings. The Morgan fingerprint density at radius 1 is 0.879 bits per heavy atom. The molecule has 2 heterocycles. The Morgan fingerprint density at radius 2 is 1.64 bits per heavy atom. The van der Waals surface area contributed by atoms with E-state index in [1.165, 1.54) is 0 Å². The van der Waals surface area contributed by atoms with Crippen molar-refractivity contribution >= 4 is 22.5 Å². The lowest BCUT2D eigenvalue weighted by molar-refractivity contribution is 0.0993. The lowest BCUT2D eigenvalue weighted by atomic mass is 9.98. The van der Waals surface area contributed by atoms with Gasteiger partial charge in [-0.25, -0.2) is 0 Å². The van der Waals surface area contributed by atoms with E-state index in [4.69, 9.17) is 0 Å². The first-order valence-corrected chi connectivity index (χ1v) is 10.8. The van der Waals surface area contributed by atoms with Gasteiger partial charge < -0.3 is 14.9 Å². The van der Waals surface area contributed by atoms with Crippen LogP contribution in [-0.2, 0) is 0 Å². The number of carbonyl (C=O) groups is 1. The van der Waals surface area contributed by atoms with Gasteiger partial charge in [0.05, 0.1) is 11.3 Å². The van der Waals surface area contributed by atoms with Crippen LogP contribution in [0.3, 0.4) is 0 Å². The van der Waals surface area contributed by atoms with Gasteiger partial charge in [0.15, 0.2) is 0 Å². The van der Waals surface area contributed by atoms with Gasteiger partial charge >= 0.3 is 0 Å². The van der Waals surface area contributed by atoms with Crippen LogP contribution in [0.4, 0.5) is 5.69 Å². The van der Waals surface area contributed by atoms with Gasteiger partial charge in [-0.1, -0.05) is 48.5 Å². The Hall–Kier alpha value is -4.38. The maximum absolute atomic E-state index is 13.4. The van der Waals surface area contributed by atoms with Crippen LogP contribution in [0.1, 0.15) is 15.9 Å². The molecule has 0 bridgehead atoms. The van der Waals surface area contributed by atoms with Gasteiger partial charge in [-0.05, 0) is 54.4 Å². The topological polar surface area (TPSA) is 69.0 Å². The zero-order valence-corrected chi connectivity index (χ0v) is 18.4. The summed E-state index contributed by atoms with van der Waals surface area (Å²) in [6, 6.07) is 27.0. The number of aromatic amines is 2. The average Bonchev–Trinajstić information content (AvgIpc) is 3.22. The van der Waals surface area contributed by atoms with Gasteiger partial charge in [0, 0.05) is 41.0 Å². The van der Waals surface area contributed by atoms with Gasteiger partial charge in [-0.3, -0.25) is 9.59 Å². The Labute approximate surface area is 191 Å². The number of pyridine rings is 1. The minimum atomic E-state index is -0.170. The predicted molar refractivity (Wildman–Crippen MR) is 134 cm³/mol. The zero-order valence-electron chi connectivity index (χ0n) is 18.4. The molecule has 5 heteroatoms. The highest BCUT2D eigenvalue weighted by molar-refractivity contribution is 6.11. The number of para-hydroxylation sites is 1. The number of hydrogen-bond acceptors (Lipinski definition) is 2. The first-order chi connectivity index (χ1) is 16.0. The van der Waals surface area contributed by atoms with Crippen molar-refractivity contribution < 1.29 is 4.79 Å². The van der Waals surface area contributed by atoms with Crippen LogP contribution in [0.15, 0.2) is 95.9 Å². The number of anilines is 1. The zero-order chi connectivity index (χ0) is 22.9. The maximum atomic E-state index is 13.4. The molecule has 0 atom stereocenters. The average molecular weight is 434 g/mol. The number of amides is 1. The van der Waals surface area contributed by atoms with Crippen molar-refractivity contribution in [1.29, 1.82) is 0 Å². The van der Waals surface area contributed by atoms with E-state index in [-0.39, 0.29) is 11.5 Å². The molecule has 2 aromatic heterocycles. The number of hydrogen-bond donors (Lipinski definition) is 2. The van der Waals surface area contributed by atoms with Crippen LogP contribution in [-0.4, -0.2) is 22.9 Å². The Kier molecular flexibility index (Phi) is 5.15. The molecule has 0 saturated heterocycles. The molecule has 33 heavy (non-hydrogen) atoms. The van der Waals surface area contributed by atoms with E-state index < -0.39 is 0 Å². The lowest BCUT2D eigenvalue weighted by Gasteiger charge is -2.19. The van der Waals surface area contributed by atoms with Gasteiger partial charge in [-0.15, -0.1) is 0 Å². The fourth-order valence-corrected chi connectivity index (χ4v) is 4.29. The molecule has 1 amide bonds. The summed E-state index contributed by atoms with van der Waals surface area (Å²) in [4.78, 5) is 33.8. The fourth-order valence-electron chi connectivity index (χ4n) is 4.29. The molecule has 0 spiro atoms. The summed E-state index contributed by atoms with van der Waals surface area (Å²) in [6.45, 7) is 1.99. The van der Waals surface area contributed by atoms with Crippen LogP contribution >= 0.6 is 0 Å². The molecule has 0 unspecified atom stereocenters. The van der Waals surface area contributed by atoms with Gasteiger partial charge in [-0.2, -0.15) is 0 Å². The molecule has 162 valence electrons. The van der Waals surface area contributed by atoms with Crippen molar-refractivity contribution in [3.63, 3.8) is 0 Å². The largest absolute Gasteiger partial charge is 0.354 e. The van der Waals surface area contributed by atoms with Crippen LogP contribution < -0.4 is 10.5 Å². The molecule has 0 fully saturated rings. The van der Waals surface area contributed by atoms with Crippen molar-refractivity contribution in [2.24, 2.45) is 0 Å². The number of rotatable bonds is 4. The number of benzene rings is 3. The van der Waals surface area contributed by atoms with E-state index in [9.17, 15) is 9.59 Å². The van der Waals surface area contributed by atoms with Crippen LogP contribution in [0.25, 0.3) is 33.3 Å². The maximum Gasteiger partial charge on any atom is 0.258 e. The van der Waals surface area contributed by atoms with Crippen molar-refractivity contribution in [3.05, 3.63) is 113 Å². The minimum Gasteiger partial charge on any atom is -0.354 e. The van der Waals surface area contributed by atoms with Crippen molar-refractivity contribution in [2.45, 2.75) is 6.92 Å². The van der Waals surface area contributed by atoms with Crippen LogP contribution in [0.5, 0.6) is 0 Å². The molecule has 0 radical (unpaired) electrons. The fraction of sp³-hybridized carbons (Fsp3) is 0.0714. The number of nitrogens with zero attached hydrogens (tertiary/aromatic N) is 1. The predicted octanol–water partition coefficient (Wildman–Crippen LogP) is 5.78. The van der Waals surface area contributed by atoms with E-state index in [0.29, 0.717) is 11.1 Å². The first kappa shape index (κ1) is 20.5. The molecule has 0 saturated carbocycles. The third-order valence-corrected chi connectivity index (χ3v) is 5.98. The van der Waals surface area contributed by atoms with E-state index in [1.54, 1.807) is 24.2 Å². The molecule has 0 aliphatic heterocycles. The van der Waals surface area contributed by atoms with E-state index >= 15 is 0 Å². The number of aryl methyl sites for hydroxylation is 1. The highest BCUT2D eigenvalue weighted by Crippen LogP contribution is 2.37. The second-order valence-corrected chi connectivity index (χ2v) is 8.06. The number of H-pyrrole nitrogens is 2. The SMILES string of the molecule is Cc1ccccc1N(C)C(=O)c1ccc2[nH]c(-c3ccc[nH]c3=O)c(-c3ccccc3)c2c1. The monoisotopic (exact) mass is 433 g/mol. The van der Waals surface area contributed by atoms with Crippen LogP contribution in [0.2, 0.25) is 0 Å². The summed E-state index contributed by atoms with van der Waals surface area (Å²) in [5.74, 6) is -0.0921. The molecule has 0 aliphatic carbocycles. The Bertz CT molecular complexity index is 1530. The molecule has 5 aromatic rings. The van der Waals surface area contributed by atoms with Gasteiger partial charge in [0.2, 0.25) is 0 Å². The highest BCUT2D eigenvalue weighted by atomic mass is 16.2. The lowest BCUT2D eigenvalue weighted by Crippen LogP contribution is -2.26. The second-order valence-electron chi connectivity index (χ2n) is 8.06. The van der Waals surface area contributed by atoms with Crippen molar-refractivity contribution in [1.82, 2.24) is 9.97 Å². The highest BCUT2D eigenvalue weighted by Gasteiger charge is 2.20. The van der Waals surface area contributed by atoms with Crippen LogP contribution in [0, 0.1) is 6.92 Å².